The first-order valence-electron chi connectivity index (χ1n) is 8.15. The number of nitrogens with zero attached hydrogens (tertiary/aromatic N) is 3. The monoisotopic (exact) mass is 364 g/mol. The van der Waals surface area contributed by atoms with Crippen LogP contribution in [0.3, 0.4) is 0 Å². The lowest BCUT2D eigenvalue weighted by Gasteiger charge is -2.22. The molecular formula is C17H19ClN3O2S-. The van der Waals surface area contributed by atoms with E-state index < -0.39 is 11.2 Å². The number of carbonyl (C=O) groups is 1. The van der Waals surface area contributed by atoms with Gasteiger partial charge in [-0.3, -0.25) is 4.57 Å². The Kier molecular flexibility index (Phi) is 5.46. The summed E-state index contributed by atoms with van der Waals surface area (Å²) in [5.74, 6) is 0.128. The summed E-state index contributed by atoms with van der Waals surface area (Å²) in [6, 6.07) is 7.48. The Bertz CT molecular complexity index is 728. The summed E-state index contributed by atoms with van der Waals surface area (Å²) in [7, 11) is 0. The molecule has 0 aliphatic heterocycles. The first-order chi connectivity index (χ1) is 11.6. The van der Waals surface area contributed by atoms with E-state index >= 15 is 0 Å². The van der Waals surface area contributed by atoms with Crippen LogP contribution in [-0.2, 0) is 4.79 Å². The molecule has 1 aromatic heterocycles. The molecule has 0 spiro atoms. The summed E-state index contributed by atoms with van der Waals surface area (Å²) in [5.41, 5.74) is 0.862. The first-order valence-corrected chi connectivity index (χ1v) is 9.41. The third kappa shape index (κ3) is 3.75. The molecule has 0 bridgehead atoms. The molecule has 3 rings (SSSR count). The maximum atomic E-state index is 11.1. The summed E-state index contributed by atoms with van der Waals surface area (Å²) in [5, 5.41) is 20.2. The van der Waals surface area contributed by atoms with Crippen molar-refractivity contribution in [3.05, 3.63) is 35.1 Å². The molecular weight excluding hydrogens is 346 g/mol. The van der Waals surface area contributed by atoms with E-state index in [1.54, 1.807) is 6.92 Å². The molecule has 1 fully saturated rings. The van der Waals surface area contributed by atoms with Crippen molar-refractivity contribution in [2.45, 2.75) is 55.4 Å². The number of aliphatic carboxylic acids is 1. The van der Waals surface area contributed by atoms with E-state index in [9.17, 15) is 9.90 Å². The highest BCUT2D eigenvalue weighted by Gasteiger charge is 2.25. The molecule has 128 valence electrons. The van der Waals surface area contributed by atoms with Gasteiger partial charge < -0.3 is 9.90 Å². The van der Waals surface area contributed by atoms with Crippen LogP contribution in [0.1, 0.15) is 50.8 Å². The molecule has 0 amide bonds. The molecule has 1 atom stereocenters. The molecule has 0 N–H and O–H groups in total. The highest BCUT2D eigenvalue weighted by atomic mass is 35.5. The van der Waals surface area contributed by atoms with Gasteiger partial charge in [-0.05, 0) is 38.0 Å². The van der Waals surface area contributed by atoms with Crippen LogP contribution in [0.2, 0.25) is 5.02 Å². The predicted octanol–water partition coefficient (Wildman–Crippen LogP) is 3.20. The van der Waals surface area contributed by atoms with Gasteiger partial charge in [-0.25, -0.2) is 0 Å². The number of carboxylic acid groups (broad SMARTS) is 1. The third-order valence-electron chi connectivity index (χ3n) is 4.31. The summed E-state index contributed by atoms with van der Waals surface area (Å²) in [4.78, 5) is 11.1. The molecule has 1 aliphatic carbocycles. The number of carbonyl (C=O) groups excluding carboxylic acids is 1. The summed E-state index contributed by atoms with van der Waals surface area (Å²) in [6.45, 7) is 1.59. The summed E-state index contributed by atoms with van der Waals surface area (Å²) < 4.78 is 1.95. The Morgan fingerprint density at radius 3 is 2.75 bits per heavy atom. The molecule has 1 heterocycles. The maximum absolute atomic E-state index is 11.1. The van der Waals surface area contributed by atoms with E-state index in [4.69, 9.17) is 11.6 Å². The van der Waals surface area contributed by atoms with Crippen LogP contribution in [0, 0.1) is 0 Å². The maximum Gasteiger partial charge on any atom is 0.196 e. The average molecular weight is 365 g/mol. The number of thioether (sulfide) groups is 1. The highest BCUT2D eigenvalue weighted by Crippen LogP contribution is 2.35. The zero-order valence-electron chi connectivity index (χ0n) is 13.4. The van der Waals surface area contributed by atoms with Crippen LogP contribution in [-0.4, -0.2) is 26.0 Å². The Hall–Kier alpha value is -1.53. The minimum Gasteiger partial charge on any atom is -0.549 e. The Balaban J connectivity index is 2.02. The number of halogens is 1. The van der Waals surface area contributed by atoms with Crippen molar-refractivity contribution in [2.24, 2.45) is 0 Å². The van der Waals surface area contributed by atoms with Gasteiger partial charge in [0, 0.05) is 16.2 Å². The predicted molar refractivity (Wildman–Crippen MR) is 92.5 cm³/mol. The number of rotatable bonds is 5. The van der Waals surface area contributed by atoms with Gasteiger partial charge >= 0.3 is 0 Å². The third-order valence-corrected chi connectivity index (χ3v) is 5.57. The number of aromatic nitrogens is 3. The quantitative estimate of drug-likeness (QED) is 0.762. The number of hydrogen-bond donors (Lipinski definition) is 0. The first kappa shape index (κ1) is 17.3. The molecule has 5 nitrogen and oxygen atoms in total. The van der Waals surface area contributed by atoms with Gasteiger partial charge in [-0.1, -0.05) is 48.7 Å². The SMILES string of the molecule is C[C@H](Sc1nnc(C2CCCCC2)n1-c1cccc(Cl)c1)C(=O)[O-]. The standard InChI is InChI=1S/C17H20ClN3O2S/c1-11(16(22)23)24-17-20-19-15(12-6-3-2-4-7-12)21(17)14-9-5-8-13(18)10-14/h5,8-12H,2-4,6-7H2,1H3,(H,22,23)/p-1/t11-/m0/s1. The normalized spacial score (nSPS) is 16.9. The molecule has 0 saturated heterocycles. The molecule has 1 aromatic carbocycles. The number of benzene rings is 1. The van der Waals surface area contributed by atoms with Crippen LogP contribution in [0.25, 0.3) is 5.69 Å². The van der Waals surface area contributed by atoms with Crippen LogP contribution in [0.4, 0.5) is 0 Å². The Morgan fingerprint density at radius 2 is 2.08 bits per heavy atom. The molecule has 1 saturated carbocycles. The number of carboxylic acids is 1. The van der Waals surface area contributed by atoms with Gasteiger partial charge in [0.25, 0.3) is 0 Å². The molecule has 0 unspecified atom stereocenters. The van der Waals surface area contributed by atoms with Crippen molar-refractivity contribution in [1.82, 2.24) is 14.8 Å². The van der Waals surface area contributed by atoms with Crippen molar-refractivity contribution in [3.8, 4) is 5.69 Å². The summed E-state index contributed by atoms with van der Waals surface area (Å²) in [6.07, 6.45) is 5.79. The smallest absolute Gasteiger partial charge is 0.196 e. The van der Waals surface area contributed by atoms with Gasteiger partial charge in [0.05, 0.1) is 11.7 Å². The lowest BCUT2D eigenvalue weighted by molar-refractivity contribution is -0.304. The molecule has 1 aliphatic rings. The lowest BCUT2D eigenvalue weighted by Crippen LogP contribution is -2.31. The average Bonchev–Trinajstić information content (AvgIpc) is 2.99. The fourth-order valence-corrected chi connectivity index (χ4v) is 4.04. The lowest BCUT2D eigenvalue weighted by atomic mass is 9.88. The number of hydrogen-bond acceptors (Lipinski definition) is 5. The van der Waals surface area contributed by atoms with Crippen LogP contribution >= 0.6 is 23.4 Å². The van der Waals surface area contributed by atoms with Gasteiger partial charge in [0.15, 0.2) is 5.16 Å². The molecule has 2 aromatic rings. The topological polar surface area (TPSA) is 70.8 Å². The van der Waals surface area contributed by atoms with Crippen LogP contribution < -0.4 is 5.11 Å². The van der Waals surface area contributed by atoms with Crippen molar-refractivity contribution in [1.29, 1.82) is 0 Å². The Labute approximate surface area is 150 Å². The van der Waals surface area contributed by atoms with Crippen molar-refractivity contribution < 1.29 is 9.90 Å². The van der Waals surface area contributed by atoms with Crippen molar-refractivity contribution >= 4 is 29.3 Å². The van der Waals surface area contributed by atoms with E-state index in [1.807, 2.05) is 28.8 Å². The molecule has 0 radical (unpaired) electrons. The Morgan fingerprint density at radius 1 is 1.33 bits per heavy atom. The van der Waals surface area contributed by atoms with Gasteiger partial charge in [0.1, 0.15) is 5.82 Å². The van der Waals surface area contributed by atoms with E-state index in [1.165, 1.54) is 19.3 Å². The highest BCUT2D eigenvalue weighted by molar-refractivity contribution is 8.00. The van der Waals surface area contributed by atoms with Gasteiger partial charge in [0.2, 0.25) is 0 Å². The van der Waals surface area contributed by atoms with E-state index in [0.717, 1.165) is 36.1 Å². The van der Waals surface area contributed by atoms with Crippen molar-refractivity contribution in [3.63, 3.8) is 0 Å². The van der Waals surface area contributed by atoms with E-state index in [0.29, 0.717) is 16.1 Å². The second-order valence-corrected chi connectivity index (χ2v) is 7.81. The minimum absolute atomic E-state index is 0.345. The van der Waals surface area contributed by atoms with Crippen LogP contribution in [0.15, 0.2) is 29.4 Å². The van der Waals surface area contributed by atoms with Gasteiger partial charge in [-0.15, -0.1) is 10.2 Å². The fourth-order valence-electron chi connectivity index (χ4n) is 3.05. The van der Waals surface area contributed by atoms with Gasteiger partial charge in [-0.2, -0.15) is 0 Å². The van der Waals surface area contributed by atoms with E-state index in [2.05, 4.69) is 10.2 Å². The fraction of sp³-hybridized carbons (Fsp3) is 0.471. The summed E-state index contributed by atoms with van der Waals surface area (Å²) >= 11 is 7.29. The zero-order chi connectivity index (χ0) is 17.1. The minimum atomic E-state index is -1.11. The second-order valence-electron chi connectivity index (χ2n) is 6.07. The second kappa shape index (κ2) is 7.57. The largest absolute Gasteiger partial charge is 0.549 e. The molecule has 24 heavy (non-hydrogen) atoms. The van der Waals surface area contributed by atoms with Crippen LogP contribution in [0.5, 0.6) is 0 Å². The molecule has 7 heteroatoms. The van der Waals surface area contributed by atoms with E-state index in [-0.39, 0.29) is 0 Å². The zero-order valence-corrected chi connectivity index (χ0v) is 15.0. The van der Waals surface area contributed by atoms with Crippen molar-refractivity contribution in [2.75, 3.05) is 0 Å².